The van der Waals surface area contributed by atoms with Gasteiger partial charge in [-0.2, -0.15) is 0 Å². The van der Waals surface area contributed by atoms with E-state index in [-0.39, 0.29) is 0 Å². The highest BCUT2D eigenvalue weighted by Gasteiger charge is 2.17. The lowest BCUT2D eigenvalue weighted by Gasteiger charge is -2.05. The van der Waals surface area contributed by atoms with Crippen LogP contribution >= 0.6 is 0 Å². The Labute approximate surface area is 135 Å². The Balaban J connectivity index is 2.14. The highest BCUT2D eigenvalue weighted by atomic mass is 16.3. The van der Waals surface area contributed by atoms with Crippen molar-refractivity contribution >= 4 is 21.9 Å². The second kappa shape index (κ2) is 5.24. The van der Waals surface area contributed by atoms with Crippen molar-refractivity contribution in [3.63, 3.8) is 0 Å². The second-order valence-corrected chi connectivity index (χ2v) is 6.33. The highest BCUT2D eigenvalue weighted by Crippen LogP contribution is 2.39. The van der Waals surface area contributed by atoms with Crippen LogP contribution in [0.4, 0.5) is 0 Å². The van der Waals surface area contributed by atoms with Gasteiger partial charge >= 0.3 is 0 Å². The molecule has 4 rings (SSSR count). The SMILES string of the molecule is Cc1ccc2c(oc3c(C(C)C)cccc32)c1-c1ccccn1. The summed E-state index contributed by atoms with van der Waals surface area (Å²) in [5, 5.41) is 2.34. The van der Waals surface area contributed by atoms with E-state index >= 15 is 0 Å². The van der Waals surface area contributed by atoms with E-state index in [0.717, 1.165) is 27.8 Å². The Kier molecular flexibility index (Phi) is 3.19. The fourth-order valence-corrected chi connectivity index (χ4v) is 3.27. The van der Waals surface area contributed by atoms with Crippen LogP contribution in [0.1, 0.15) is 30.9 Å². The van der Waals surface area contributed by atoms with Crippen LogP contribution in [0.5, 0.6) is 0 Å². The van der Waals surface area contributed by atoms with Crippen LogP contribution in [-0.2, 0) is 0 Å². The Hall–Kier alpha value is -2.61. The first kappa shape index (κ1) is 14.0. The Morgan fingerprint density at radius 1 is 0.870 bits per heavy atom. The van der Waals surface area contributed by atoms with Gasteiger partial charge in [0, 0.05) is 22.5 Å². The topological polar surface area (TPSA) is 26.0 Å². The zero-order valence-corrected chi connectivity index (χ0v) is 13.6. The summed E-state index contributed by atoms with van der Waals surface area (Å²) in [5.74, 6) is 0.429. The zero-order chi connectivity index (χ0) is 16.0. The molecule has 114 valence electrons. The highest BCUT2D eigenvalue weighted by molar-refractivity contribution is 6.10. The number of fused-ring (bicyclic) bond motifs is 3. The third kappa shape index (κ3) is 2.14. The molecular weight excluding hydrogens is 282 g/mol. The van der Waals surface area contributed by atoms with Crippen molar-refractivity contribution in [2.45, 2.75) is 26.7 Å². The van der Waals surface area contributed by atoms with Gasteiger partial charge in [-0.1, -0.05) is 50.2 Å². The third-order valence-corrected chi connectivity index (χ3v) is 4.45. The monoisotopic (exact) mass is 301 g/mol. The first-order valence-corrected chi connectivity index (χ1v) is 8.03. The van der Waals surface area contributed by atoms with Crippen LogP contribution in [0.3, 0.4) is 0 Å². The lowest BCUT2D eigenvalue weighted by molar-refractivity contribution is 0.657. The molecule has 0 radical (unpaired) electrons. The molecule has 2 aromatic carbocycles. The van der Waals surface area contributed by atoms with Crippen molar-refractivity contribution in [1.82, 2.24) is 4.98 Å². The summed E-state index contributed by atoms with van der Waals surface area (Å²) in [6.45, 7) is 6.51. The number of para-hydroxylation sites is 1. The van der Waals surface area contributed by atoms with E-state index in [1.807, 2.05) is 24.4 Å². The lowest BCUT2D eigenvalue weighted by Crippen LogP contribution is -1.86. The molecule has 0 spiro atoms. The molecule has 0 saturated heterocycles. The van der Waals surface area contributed by atoms with Crippen LogP contribution in [0.15, 0.2) is 59.1 Å². The summed E-state index contributed by atoms with van der Waals surface area (Å²) in [7, 11) is 0. The number of hydrogen-bond donors (Lipinski definition) is 0. The van der Waals surface area contributed by atoms with Crippen LogP contribution < -0.4 is 0 Å². The van der Waals surface area contributed by atoms with Gasteiger partial charge in [0.2, 0.25) is 0 Å². The molecule has 0 atom stereocenters. The Morgan fingerprint density at radius 3 is 2.43 bits per heavy atom. The van der Waals surface area contributed by atoms with Crippen LogP contribution in [0.25, 0.3) is 33.2 Å². The van der Waals surface area contributed by atoms with Crippen molar-refractivity contribution in [3.8, 4) is 11.3 Å². The molecule has 0 aliphatic rings. The molecule has 0 aliphatic heterocycles. The molecule has 0 aliphatic carbocycles. The van der Waals surface area contributed by atoms with Crippen molar-refractivity contribution < 1.29 is 4.42 Å². The number of benzene rings is 2. The molecule has 0 fully saturated rings. The number of rotatable bonds is 2. The minimum atomic E-state index is 0.429. The van der Waals surface area contributed by atoms with Crippen LogP contribution in [0.2, 0.25) is 0 Å². The summed E-state index contributed by atoms with van der Waals surface area (Å²) in [6, 6.07) is 16.7. The predicted octanol–water partition coefficient (Wildman–Crippen LogP) is 6.08. The van der Waals surface area contributed by atoms with Crippen LogP contribution in [0, 0.1) is 6.92 Å². The standard InChI is InChI=1S/C21H19NO/c1-13(2)15-7-6-8-16-17-11-10-14(3)19(21(17)23-20(15)16)18-9-4-5-12-22-18/h4-13H,1-3H3. The lowest BCUT2D eigenvalue weighted by atomic mass is 9.98. The molecule has 0 N–H and O–H groups in total. The van der Waals surface area contributed by atoms with E-state index in [0.29, 0.717) is 5.92 Å². The largest absolute Gasteiger partial charge is 0.455 e. The van der Waals surface area contributed by atoms with Gasteiger partial charge in [-0.15, -0.1) is 0 Å². The molecule has 0 unspecified atom stereocenters. The summed E-state index contributed by atoms with van der Waals surface area (Å²) >= 11 is 0. The van der Waals surface area contributed by atoms with Gasteiger partial charge in [0.1, 0.15) is 11.2 Å². The number of pyridine rings is 1. The minimum absolute atomic E-state index is 0.429. The number of nitrogens with zero attached hydrogens (tertiary/aromatic N) is 1. The van der Waals surface area contributed by atoms with Crippen LogP contribution in [-0.4, -0.2) is 4.98 Å². The van der Waals surface area contributed by atoms with Gasteiger partial charge in [-0.3, -0.25) is 4.98 Å². The Morgan fingerprint density at radius 2 is 1.70 bits per heavy atom. The molecule has 23 heavy (non-hydrogen) atoms. The fourth-order valence-electron chi connectivity index (χ4n) is 3.27. The van der Waals surface area contributed by atoms with Gasteiger partial charge in [0.25, 0.3) is 0 Å². The maximum atomic E-state index is 6.37. The number of furan rings is 1. The van der Waals surface area contributed by atoms with Gasteiger partial charge < -0.3 is 4.42 Å². The maximum Gasteiger partial charge on any atom is 0.145 e. The molecular formula is C21H19NO. The fraction of sp³-hybridized carbons (Fsp3) is 0.190. The van der Waals surface area contributed by atoms with E-state index < -0.39 is 0 Å². The van der Waals surface area contributed by atoms with Gasteiger partial charge in [-0.25, -0.2) is 0 Å². The van der Waals surface area contributed by atoms with Crippen molar-refractivity contribution in [2.24, 2.45) is 0 Å². The second-order valence-electron chi connectivity index (χ2n) is 6.33. The van der Waals surface area contributed by atoms with Gasteiger partial charge in [-0.05, 0) is 36.1 Å². The van der Waals surface area contributed by atoms with Crippen molar-refractivity contribution in [1.29, 1.82) is 0 Å². The smallest absolute Gasteiger partial charge is 0.145 e. The average Bonchev–Trinajstić information content (AvgIpc) is 2.93. The summed E-state index contributed by atoms with van der Waals surface area (Å²) in [4.78, 5) is 4.53. The van der Waals surface area contributed by atoms with E-state index in [9.17, 15) is 0 Å². The number of aryl methyl sites for hydroxylation is 1. The predicted molar refractivity (Wildman–Crippen MR) is 95.8 cm³/mol. The summed E-state index contributed by atoms with van der Waals surface area (Å²) < 4.78 is 6.37. The quantitative estimate of drug-likeness (QED) is 0.448. The van der Waals surface area contributed by atoms with E-state index in [2.05, 4.69) is 56.1 Å². The third-order valence-electron chi connectivity index (χ3n) is 4.45. The molecule has 2 nitrogen and oxygen atoms in total. The normalized spacial score (nSPS) is 11.7. The summed E-state index contributed by atoms with van der Waals surface area (Å²) in [6.07, 6.45) is 1.83. The minimum Gasteiger partial charge on any atom is -0.455 e. The first-order chi connectivity index (χ1) is 11.2. The molecule has 2 heterocycles. The average molecular weight is 301 g/mol. The Bertz CT molecular complexity index is 997. The molecule has 2 heteroatoms. The molecule has 2 aromatic heterocycles. The van der Waals surface area contributed by atoms with Gasteiger partial charge in [0.05, 0.1) is 5.69 Å². The number of hydrogen-bond acceptors (Lipinski definition) is 2. The summed E-state index contributed by atoms with van der Waals surface area (Å²) in [5.41, 5.74) is 6.42. The molecule has 0 amide bonds. The molecule has 0 bridgehead atoms. The van der Waals surface area contributed by atoms with E-state index in [4.69, 9.17) is 4.42 Å². The first-order valence-electron chi connectivity index (χ1n) is 8.03. The van der Waals surface area contributed by atoms with Crippen molar-refractivity contribution in [2.75, 3.05) is 0 Å². The molecule has 4 aromatic rings. The van der Waals surface area contributed by atoms with E-state index in [1.165, 1.54) is 16.5 Å². The molecule has 0 saturated carbocycles. The van der Waals surface area contributed by atoms with Crippen molar-refractivity contribution in [3.05, 3.63) is 65.9 Å². The number of aromatic nitrogens is 1. The maximum absolute atomic E-state index is 6.37. The van der Waals surface area contributed by atoms with Gasteiger partial charge in [0.15, 0.2) is 0 Å². The van der Waals surface area contributed by atoms with E-state index in [1.54, 1.807) is 0 Å². The zero-order valence-electron chi connectivity index (χ0n) is 13.6.